The molecule has 1 aromatic rings. The zero-order chi connectivity index (χ0) is 16.9. The molecular formula is C17H26N2O3S. The maximum atomic E-state index is 12.7. The highest BCUT2D eigenvalue weighted by Gasteiger charge is 2.26. The Morgan fingerprint density at radius 2 is 1.96 bits per heavy atom. The molecule has 0 radical (unpaired) electrons. The number of nitrogens with one attached hydrogen (secondary N) is 1. The van der Waals surface area contributed by atoms with Gasteiger partial charge in [-0.2, -0.15) is 4.31 Å². The van der Waals surface area contributed by atoms with Gasteiger partial charge in [-0.25, -0.2) is 8.42 Å². The van der Waals surface area contributed by atoms with Gasteiger partial charge < -0.3 is 5.32 Å². The van der Waals surface area contributed by atoms with Crippen LogP contribution in [0.2, 0.25) is 0 Å². The Morgan fingerprint density at radius 3 is 2.61 bits per heavy atom. The van der Waals surface area contributed by atoms with Crippen molar-refractivity contribution in [3.8, 4) is 0 Å². The molecule has 0 spiro atoms. The molecule has 6 heteroatoms. The highest BCUT2D eigenvalue weighted by molar-refractivity contribution is 7.89. The third-order valence-electron chi connectivity index (χ3n) is 4.22. The number of sulfonamides is 1. The summed E-state index contributed by atoms with van der Waals surface area (Å²) in [6.45, 7) is 5.07. The Balaban J connectivity index is 2.14. The van der Waals surface area contributed by atoms with Crippen LogP contribution >= 0.6 is 0 Å². The van der Waals surface area contributed by atoms with Crippen LogP contribution in [-0.2, 0) is 14.8 Å². The standard InChI is InChI=1S/C17H26N2O3S/c1-3-8-14(2)17(20)18-15-9-7-10-16(13-15)23(21,22)19-11-5-4-6-12-19/h7,9-10,13-14H,3-6,8,11-12H2,1-2H3,(H,18,20)/t14-/m1/s1. The van der Waals surface area contributed by atoms with E-state index in [2.05, 4.69) is 5.32 Å². The molecule has 1 aliphatic heterocycles. The first kappa shape index (κ1) is 17.9. The monoisotopic (exact) mass is 338 g/mol. The Hall–Kier alpha value is -1.40. The lowest BCUT2D eigenvalue weighted by Gasteiger charge is -2.26. The summed E-state index contributed by atoms with van der Waals surface area (Å²) in [7, 11) is -3.47. The lowest BCUT2D eigenvalue weighted by atomic mass is 10.1. The van der Waals surface area contributed by atoms with E-state index in [1.165, 1.54) is 4.31 Å². The number of hydrogen-bond donors (Lipinski definition) is 1. The summed E-state index contributed by atoms with van der Waals surface area (Å²) in [5.41, 5.74) is 0.538. The Kier molecular flexibility index (Phi) is 6.18. The average molecular weight is 338 g/mol. The first-order valence-electron chi connectivity index (χ1n) is 8.36. The van der Waals surface area contributed by atoms with Crippen molar-refractivity contribution in [1.82, 2.24) is 4.31 Å². The maximum absolute atomic E-state index is 12.7. The predicted molar refractivity (Wildman–Crippen MR) is 91.8 cm³/mol. The van der Waals surface area contributed by atoms with E-state index in [9.17, 15) is 13.2 Å². The van der Waals surface area contributed by atoms with E-state index in [1.54, 1.807) is 24.3 Å². The highest BCUT2D eigenvalue weighted by Crippen LogP contribution is 2.23. The number of carbonyl (C=O) groups is 1. The molecule has 1 atom stereocenters. The molecule has 1 aromatic carbocycles. The third kappa shape index (κ3) is 4.54. The van der Waals surface area contributed by atoms with Gasteiger partial charge in [-0.05, 0) is 37.5 Å². The van der Waals surface area contributed by atoms with E-state index in [-0.39, 0.29) is 16.7 Å². The summed E-state index contributed by atoms with van der Waals surface area (Å²) < 4.78 is 26.9. The summed E-state index contributed by atoms with van der Waals surface area (Å²) in [6, 6.07) is 6.55. The lowest BCUT2D eigenvalue weighted by molar-refractivity contribution is -0.119. The highest BCUT2D eigenvalue weighted by atomic mass is 32.2. The van der Waals surface area contributed by atoms with Crippen LogP contribution in [0.3, 0.4) is 0 Å². The van der Waals surface area contributed by atoms with Gasteiger partial charge in [-0.15, -0.1) is 0 Å². The molecule has 2 rings (SSSR count). The van der Waals surface area contributed by atoms with E-state index >= 15 is 0 Å². The topological polar surface area (TPSA) is 66.5 Å². The van der Waals surface area contributed by atoms with Crippen LogP contribution in [0.4, 0.5) is 5.69 Å². The van der Waals surface area contributed by atoms with Gasteiger partial charge in [0.05, 0.1) is 4.90 Å². The van der Waals surface area contributed by atoms with Crippen LogP contribution < -0.4 is 5.32 Å². The van der Waals surface area contributed by atoms with E-state index in [0.717, 1.165) is 32.1 Å². The quantitative estimate of drug-likeness (QED) is 0.866. The summed E-state index contributed by atoms with van der Waals surface area (Å²) in [5.74, 6) is -0.151. The molecule has 1 saturated heterocycles. The normalized spacial score (nSPS) is 17.7. The molecule has 23 heavy (non-hydrogen) atoms. The van der Waals surface area contributed by atoms with Crippen molar-refractivity contribution in [2.24, 2.45) is 5.92 Å². The van der Waals surface area contributed by atoms with Gasteiger partial charge in [0.2, 0.25) is 15.9 Å². The molecule has 5 nitrogen and oxygen atoms in total. The van der Waals surface area contributed by atoms with E-state index < -0.39 is 10.0 Å². The van der Waals surface area contributed by atoms with Crippen LogP contribution in [0.1, 0.15) is 46.0 Å². The van der Waals surface area contributed by atoms with Crippen LogP contribution in [0.5, 0.6) is 0 Å². The first-order chi connectivity index (χ1) is 10.9. The van der Waals surface area contributed by atoms with Gasteiger partial charge in [0.15, 0.2) is 0 Å². The fraction of sp³-hybridized carbons (Fsp3) is 0.588. The molecule has 1 amide bonds. The van der Waals surface area contributed by atoms with Crippen molar-refractivity contribution < 1.29 is 13.2 Å². The van der Waals surface area contributed by atoms with Crippen LogP contribution in [-0.4, -0.2) is 31.7 Å². The van der Waals surface area contributed by atoms with Gasteiger partial charge >= 0.3 is 0 Å². The number of carbonyl (C=O) groups excluding carboxylic acids is 1. The Bertz CT molecular complexity index is 637. The Morgan fingerprint density at radius 1 is 1.26 bits per heavy atom. The van der Waals surface area contributed by atoms with Gasteiger partial charge in [-0.1, -0.05) is 32.8 Å². The molecule has 1 heterocycles. The van der Waals surface area contributed by atoms with E-state index in [0.29, 0.717) is 18.8 Å². The van der Waals surface area contributed by atoms with Crippen LogP contribution in [0, 0.1) is 5.92 Å². The second-order valence-electron chi connectivity index (χ2n) is 6.17. The van der Waals surface area contributed by atoms with Crippen molar-refractivity contribution in [2.45, 2.75) is 50.8 Å². The summed E-state index contributed by atoms with van der Waals surface area (Å²) in [5, 5.41) is 2.82. The van der Waals surface area contributed by atoms with Crippen LogP contribution in [0.25, 0.3) is 0 Å². The first-order valence-corrected chi connectivity index (χ1v) is 9.80. The van der Waals surface area contributed by atoms with Gasteiger partial charge in [0.1, 0.15) is 0 Å². The zero-order valence-corrected chi connectivity index (χ0v) is 14.7. The summed E-state index contributed by atoms with van der Waals surface area (Å²) in [4.78, 5) is 12.3. The number of hydrogen-bond acceptors (Lipinski definition) is 3. The molecule has 0 aliphatic carbocycles. The van der Waals surface area contributed by atoms with Crippen molar-refractivity contribution in [2.75, 3.05) is 18.4 Å². The molecule has 128 valence electrons. The molecule has 1 N–H and O–H groups in total. The molecule has 0 aromatic heterocycles. The molecule has 0 unspecified atom stereocenters. The molecule has 0 bridgehead atoms. The van der Waals surface area contributed by atoms with Gasteiger partial charge in [0.25, 0.3) is 0 Å². The number of nitrogens with zero attached hydrogens (tertiary/aromatic N) is 1. The molecule has 0 saturated carbocycles. The smallest absolute Gasteiger partial charge is 0.243 e. The number of benzene rings is 1. The van der Waals surface area contributed by atoms with Crippen molar-refractivity contribution in [3.05, 3.63) is 24.3 Å². The summed E-state index contributed by atoms with van der Waals surface area (Å²) in [6.07, 6.45) is 4.65. The maximum Gasteiger partial charge on any atom is 0.243 e. The van der Waals surface area contributed by atoms with Crippen molar-refractivity contribution >= 4 is 21.6 Å². The zero-order valence-electron chi connectivity index (χ0n) is 13.9. The summed E-state index contributed by atoms with van der Waals surface area (Å²) >= 11 is 0. The largest absolute Gasteiger partial charge is 0.326 e. The number of rotatable bonds is 6. The molecular weight excluding hydrogens is 312 g/mol. The minimum atomic E-state index is -3.47. The van der Waals surface area contributed by atoms with Crippen molar-refractivity contribution in [1.29, 1.82) is 0 Å². The van der Waals surface area contributed by atoms with Crippen LogP contribution in [0.15, 0.2) is 29.2 Å². The fourth-order valence-electron chi connectivity index (χ4n) is 2.82. The number of anilines is 1. The predicted octanol–water partition coefficient (Wildman–Crippen LogP) is 3.24. The minimum absolute atomic E-state index is 0.0700. The van der Waals surface area contributed by atoms with Crippen molar-refractivity contribution in [3.63, 3.8) is 0 Å². The molecule has 1 fully saturated rings. The average Bonchev–Trinajstić information content (AvgIpc) is 2.56. The Labute approximate surface area is 139 Å². The van der Waals surface area contributed by atoms with Gasteiger partial charge in [-0.3, -0.25) is 4.79 Å². The molecule has 1 aliphatic rings. The third-order valence-corrected chi connectivity index (χ3v) is 6.12. The van der Waals surface area contributed by atoms with E-state index in [1.807, 2.05) is 13.8 Å². The second-order valence-corrected chi connectivity index (χ2v) is 8.11. The number of amides is 1. The lowest BCUT2D eigenvalue weighted by Crippen LogP contribution is -2.35. The fourth-order valence-corrected chi connectivity index (χ4v) is 4.38. The van der Waals surface area contributed by atoms with E-state index in [4.69, 9.17) is 0 Å². The minimum Gasteiger partial charge on any atom is -0.326 e. The van der Waals surface area contributed by atoms with Gasteiger partial charge in [0, 0.05) is 24.7 Å². The SMILES string of the molecule is CCC[C@@H](C)C(=O)Nc1cccc(S(=O)(=O)N2CCCCC2)c1. The number of piperidine rings is 1. The second kappa shape index (κ2) is 7.93.